The van der Waals surface area contributed by atoms with Gasteiger partial charge in [-0.25, -0.2) is 0 Å². The molecule has 0 spiro atoms. The second-order valence-electron chi connectivity index (χ2n) is 4.88. The third-order valence-corrected chi connectivity index (χ3v) is 3.37. The van der Waals surface area contributed by atoms with Crippen LogP contribution in [0.2, 0.25) is 5.02 Å². The van der Waals surface area contributed by atoms with Gasteiger partial charge in [-0.05, 0) is 29.7 Å². The molecule has 0 aliphatic carbocycles. The molecule has 0 saturated heterocycles. The number of hydrogen-bond acceptors (Lipinski definition) is 2. The van der Waals surface area contributed by atoms with Crippen LogP contribution in [0.3, 0.4) is 0 Å². The zero-order valence-electron chi connectivity index (χ0n) is 11.3. The van der Waals surface area contributed by atoms with Gasteiger partial charge in [-0.1, -0.05) is 54.1 Å². The van der Waals surface area contributed by atoms with Crippen molar-refractivity contribution in [3.05, 3.63) is 70.7 Å². The van der Waals surface area contributed by atoms with Gasteiger partial charge in [0, 0.05) is 17.5 Å². The monoisotopic (exact) mass is 290 g/mol. The molecular weight excluding hydrogens is 272 g/mol. The van der Waals surface area contributed by atoms with E-state index in [0.717, 1.165) is 22.6 Å². The van der Waals surface area contributed by atoms with Gasteiger partial charge in [0.15, 0.2) is 0 Å². The van der Waals surface area contributed by atoms with Crippen LogP contribution in [0, 0.1) is 5.92 Å². The Balaban J connectivity index is 1.80. The maximum atomic E-state index is 9.44. The van der Waals surface area contributed by atoms with Crippen molar-refractivity contribution in [1.29, 1.82) is 0 Å². The molecule has 2 rings (SSSR count). The van der Waals surface area contributed by atoms with Crippen molar-refractivity contribution in [2.75, 3.05) is 13.2 Å². The summed E-state index contributed by atoms with van der Waals surface area (Å²) in [5.74, 6) is 0.0946. The van der Waals surface area contributed by atoms with E-state index in [2.05, 4.69) is 0 Å². The molecule has 0 aromatic heterocycles. The SMILES string of the molecule is OCC(COCc1ccccc1)Cc1cccc(Cl)c1. The van der Waals surface area contributed by atoms with Crippen LogP contribution in [-0.4, -0.2) is 18.3 Å². The van der Waals surface area contributed by atoms with E-state index < -0.39 is 0 Å². The average Bonchev–Trinajstić information content (AvgIpc) is 2.47. The van der Waals surface area contributed by atoms with E-state index in [1.165, 1.54) is 0 Å². The maximum absolute atomic E-state index is 9.44. The summed E-state index contributed by atoms with van der Waals surface area (Å²) in [5.41, 5.74) is 2.27. The maximum Gasteiger partial charge on any atom is 0.0717 e. The Bertz CT molecular complexity index is 513. The van der Waals surface area contributed by atoms with Gasteiger partial charge >= 0.3 is 0 Å². The van der Waals surface area contributed by atoms with Gasteiger partial charge in [-0.3, -0.25) is 0 Å². The number of aliphatic hydroxyl groups excluding tert-OH is 1. The first-order valence-corrected chi connectivity index (χ1v) is 7.12. The van der Waals surface area contributed by atoms with Crippen LogP contribution in [0.5, 0.6) is 0 Å². The number of halogens is 1. The van der Waals surface area contributed by atoms with E-state index in [1.807, 2.05) is 54.6 Å². The first-order chi connectivity index (χ1) is 9.78. The van der Waals surface area contributed by atoms with Gasteiger partial charge in [-0.15, -0.1) is 0 Å². The summed E-state index contributed by atoms with van der Waals surface area (Å²) in [4.78, 5) is 0. The van der Waals surface area contributed by atoms with Gasteiger partial charge < -0.3 is 9.84 Å². The van der Waals surface area contributed by atoms with Crippen molar-refractivity contribution < 1.29 is 9.84 Å². The molecular formula is C17H19ClO2. The van der Waals surface area contributed by atoms with Gasteiger partial charge in [0.1, 0.15) is 0 Å². The summed E-state index contributed by atoms with van der Waals surface area (Å²) in [7, 11) is 0. The molecule has 0 heterocycles. The van der Waals surface area contributed by atoms with Crippen molar-refractivity contribution in [3.63, 3.8) is 0 Å². The predicted molar refractivity (Wildman–Crippen MR) is 81.8 cm³/mol. The van der Waals surface area contributed by atoms with E-state index >= 15 is 0 Å². The van der Waals surface area contributed by atoms with E-state index in [0.29, 0.717) is 13.2 Å². The van der Waals surface area contributed by atoms with Crippen LogP contribution in [0.15, 0.2) is 54.6 Å². The van der Waals surface area contributed by atoms with Crippen molar-refractivity contribution >= 4 is 11.6 Å². The fourth-order valence-electron chi connectivity index (χ4n) is 2.09. The average molecular weight is 291 g/mol. The summed E-state index contributed by atoms with van der Waals surface area (Å²) in [6.07, 6.45) is 0.770. The van der Waals surface area contributed by atoms with Gasteiger partial charge in [-0.2, -0.15) is 0 Å². The molecule has 1 N–H and O–H groups in total. The molecule has 1 atom stereocenters. The molecule has 0 radical (unpaired) electrons. The lowest BCUT2D eigenvalue weighted by molar-refractivity contribution is 0.0630. The van der Waals surface area contributed by atoms with Crippen molar-refractivity contribution in [2.24, 2.45) is 5.92 Å². The lowest BCUT2D eigenvalue weighted by Gasteiger charge is -2.15. The first-order valence-electron chi connectivity index (χ1n) is 6.75. The quantitative estimate of drug-likeness (QED) is 0.842. The second-order valence-corrected chi connectivity index (χ2v) is 5.32. The summed E-state index contributed by atoms with van der Waals surface area (Å²) in [5, 5.41) is 10.2. The predicted octanol–water partition coefficient (Wildman–Crippen LogP) is 3.71. The Morgan fingerprint density at radius 3 is 2.45 bits per heavy atom. The number of rotatable bonds is 7. The number of hydrogen-bond donors (Lipinski definition) is 1. The van der Waals surface area contributed by atoms with Crippen LogP contribution < -0.4 is 0 Å². The molecule has 0 aliphatic heterocycles. The smallest absolute Gasteiger partial charge is 0.0717 e. The molecule has 1 unspecified atom stereocenters. The highest BCUT2D eigenvalue weighted by Gasteiger charge is 2.09. The molecule has 20 heavy (non-hydrogen) atoms. The Morgan fingerprint density at radius 1 is 1.00 bits per heavy atom. The summed E-state index contributed by atoms with van der Waals surface area (Å²) in [6.45, 7) is 1.23. The molecule has 3 heteroatoms. The highest BCUT2D eigenvalue weighted by atomic mass is 35.5. The highest BCUT2D eigenvalue weighted by Crippen LogP contribution is 2.15. The molecule has 0 aliphatic rings. The molecule has 0 saturated carbocycles. The van der Waals surface area contributed by atoms with Gasteiger partial charge in [0.25, 0.3) is 0 Å². The summed E-state index contributed by atoms with van der Waals surface area (Å²) < 4.78 is 5.68. The lowest BCUT2D eigenvalue weighted by Crippen LogP contribution is -2.16. The molecule has 2 nitrogen and oxygen atoms in total. The Labute approximate surface area is 125 Å². The molecule has 2 aromatic carbocycles. The minimum Gasteiger partial charge on any atom is -0.396 e. The summed E-state index contributed by atoms with van der Waals surface area (Å²) >= 11 is 5.96. The number of ether oxygens (including phenoxy) is 1. The van der Waals surface area contributed by atoms with Crippen molar-refractivity contribution in [2.45, 2.75) is 13.0 Å². The lowest BCUT2D eigenvalue weighted by atomic mass is 10.0. The fraction of sp³-hybridized carbons (Fsp3) is 0.294. The molecule has 0 amide bonds. The number of aliphatic hydroxyl groups is 1. The van der Waals surface area contributed by atoms with Crippen LogP contribution >= 0.6 is 11.6 Å². The van der Waals surface area contributed by atoms with E-state index in [4.69, 9.17) is 16.3 Å². The normalized spacial score (nSPS) is 12.3. The summed E-state index contributed by atoms with van der Waals surface area (Å²) in [6, 6.07) is 17.8. The third kappa shape index (κ3) is 4.97. The zero-order chi connectivity index (χ0) is 14.2. The van der Waals surface area contributed by atoms with Crippen LogP contribution in [0.1, 0.15) is 11.1 Å². The number of benzene rings is 2. The van der Waals surface area contributed by atoms with Crippen molar-refractivity contribution in [3.8, 4) is 0 Å². The molecule has 0 bridgehead atoms. The Hall–Kier alpha value is -1.35. The minimum atomic E-state index is 0.0946. The van der Waals surface area contributed by atoms with Crippen LogP contribution in [-0.2, 0) is 17.8 Å². The van der Waals surface area contributed by atoms with Crippen LogP contribution in [0.4, 0.5) is 0 Å². The standard InChI is InChI=1S/C17H19ClO2/c18-17-8-4-7-15(10-17)9-16(11-19)13-20-12-14-5-2-1-3-6-14/h1-8,10,16,19H,9,11-13H2. The van der Waals surface area contributed by atoms with Crippen LogP contribution in [0.25, 0.3) is 0 Å². The highest BCUT2D eigenvalue weighted by molar-refractivity contribution is 6.30. The molecule has 0 fully saturated rings. The van der Waals surface area contributed by atoms with E-state index in [-0.39, 0.29) is 12.5 Å². The molecule has 106 valence electrons. The second kappa shape index (κ2) is 8.05. The first kappa shape index (κ1) is 15.0. The topological polar surface area (TPSA) is 29.5 Å². The fourth-order valence-corrected chi connectivity index (χ4v) is 2.30. The molecule has 2 aromatic rings. The van der Waals surface area contributed by atoms with Gasteiger partial charge in [0.05, 0.1) is 13.2 Å². The minimum absolute atomic E-state index is 0.0946. The third-order valence-electron chi connectivity index (χ3n) is 3.14. The van der Waals surface area contributed by atoms with Crippen molar-refractivity contribution in [1.82, 2.24) is 0 Å². The largest absolute Gasteiger partial charge is 0.396 e. The van der Waals surface area contributed by atoms with Gasteiger partial charge in [0.2, 0.25) is 0 Å². The Kier molecular flexibility index (Phi) is 6.06. The zero-order valence-corrected chi connectivity index (χ0v) is 12.1. The van der Waals surface area contributed by atoms with E-state index in [9.17, 15) is 5.11 Å². The van der Waals surface area contributed by atoms with E-state index in [1.54, 1.807) is 0 Å². The Morgan fingerprint density at radius 2 is 1.75 bits per heavy atom.